The summed E-state index contributed by atoms with van der Waals surface area (Å²) in [5.74, 6) is 0. The van der Waals surface area contributed by atoms with E-state index in [2.05, 4.69) is 26.1 Å². The third-order valence-electron chi connectivity index (χ3n) is 1.81. The van der Waals surface area contributed by atoms with Gasteiger partial charge >= 0.3 is 0 Å². The molecule has 0 aliphatic carbocycles. The molecule has 16 heavy (non-hydrogen) atoms. The SMILES string of the molecule is CNc1cc(SC(C)(C)C)cc([N+](=O)[O-])c1. The number of nitro groups is 1. The van der Waals surface area contributed by atoms with Crippen molar-refractivity contribution in [3.05, 3.63) is 28.3 Å². The van der Waals surface area contributed by atoms with E-state index in [1.807, 2.05) is 6.07 Å². The highest BCUT2D eigenvalue weighted by Crippen LogP contribution is 2.35. The molecule has 0 radical (unpaired) electrons. The minimum Gasteiger partial charge on any atom is -0.388 e. The Kier molecular flexibility index (Phi) is 3.80. The molecule has 0 aromatic heterocycles. The number of hydrogen-bond donors (Lipinski definition) is 1. The number of nitro benzene ring substituents is 1. The van der Waals surface area contributed by atoms with Gasteiger partial charge in [-0.2, -0.15) is 0 Å². The minimum atomic E-state index is -0.367. The van der Waals surface area contributed by atoms with Crippen LogP contribution in [0.5, 0.6) is 0 Å². The second-order valence-electron chi connectivity index (χ2n) is 4.44. The van der Waals surface area contributed by atoms with Crippen LogP contribution >= 0.6 is 11.8 Å². The summed E-state index contributed by atoms with van der Waals surface area (Å²) in [4.78, 5) is 11.3. The number of rotatable bonds is 3. The van der Waals surface area contributed by atoms with Gasteiger partial charge in [0.1, 0.15) is 0 Å². The summed E-state index contributed by atoms with van der Waals surface area (Å²) in [6, 6.07) is 5.06. The van der Waals surface area contributed by atoms with E-state index in [1.54, 1.807) is 24.9 Å². The zero-order valence-electron chi connectivity index (χ0n) is 9.90. The molecule has 0 aliphatic heterocycles. The van der Waals surface area contributed by atoms with Crippen molar-refractivity contribution in [1.82, 2.24) is 0 Å². The van der Waals surface area contributed by atoms with Crippen molar-refractivity contribution in [3.8, 4) is 0 Å². The smallest absolute Gasteiger partial charge is 0.272 e. The van der Waals surface area contributed by atoms with Gasteiger partial charge in [-0.3, -0.25) is 10.1 Å². The van der Waals surface area contributed by atoms with Crippen LogP contribution in [0.15, 0.2) is 23.1 Å². The first-order valence-corrected chi connectivity index (χ1v) is 5.80. The lowest BCUT2D eigenvalue weighted by atomic mass is 10.2. The van der Waals surface area contributed by atoms with Crippen LogP contribution in [0.25, 0.3) is 0 Å². The molecule has 1 rings (SSSR count). The third-order valence-corrected chi connectivity index (χ3v) is 2.90. The predicted molar refractivity (Wildman–Crippen MR) is 68.3 cm³/mol. The molecule has 1 aromatic rings. The molecule has 0 bridgehead atoms. The zero-order chi connectivity index (χ0) is 12.3. The maximum atomic E-state index is 10.8. The first kappa shape index (κ1) is 12.8. The summed E-state index contributed by atoms with van der Waals surface area (Å²) < 4.78 is 0.0419. The maximum absolute atomic E-state index is 10.8. The lowest BCUT2D eigenvalue weighted by molar-refractivity contribution is -0.385. The molecule has 0 spiro atoms. The van der Waals surface area contributed by atoms with Gasteiger partial charge < -0.3 is 5.32 Å². The van der Waals surface area contributed by atoms with E-state index in [4.69, 9.17) is 0 Å². The molecule has 0 saturated heterocycles. The number of thioether (sulfide) groups is 1. The summed E-state index contributed by atoms with van der Waals surface area (Å²) in [7, 11) is 1.75. The molecule has 0 fully saturated rings. The number of nitrogens with zero attached hydrogens (tertiary/aromatic N) is 1. The molecule has 88 valence electrons. The Morgan fingerprint density at radius 2 is 1.94 bits per heavy atom. The van der Waals surface area contributed by atoms with Crippen molar-refractivity contribution in [2.45, 2.75) is 30.4 Å². The first-order valence-electron chi connectivity index (χ1n) is 4.98. The summed E-state index contributed by atoms with van der Waals surface area (Å²) in [6.45, 7) is 6.24. The van der Waals surface area contributed by atoms with Crippen molar-refractivity contribution in [1.29, 1.82) is 0 Å². The van der Waals surface area contributed by atoms with Crippen LogP contribution in [0.2, 0.25) is 0 Å². The fraction of sp³-hybridized carbons (Fsp3) is 0.455. The molecule has 0 saturated carbocycles. The van der Waals surface area contributed by atoms with E-state index in [1.165, 1.54) is 6.07 Å². The predicted octanol–water partition coefficient (Wildman–Crippen LogP) is 3.53. The van der Waals surface area contributed by atoms with Gasteiger partial charge in [0.2, 0.25) is 0 Å². The topological polar surface area (TPSA) is 55.2 Å². The van der Waals surface area contributed by atoms with Crippen LogP contribution in [0.3, 0.4) is 0 Å². The average Bonchev–Trinajstić information content (AvgIpc) is 2.14. The van der Waals surface area contributed by atoms with E-state index in [9.17, 15) is 10.1 Å². The highest BCUT2D eigenvalue weighted by atomic mass is 32.2. The van der Waals surface area contributed by atoms with Gasteiger partial charge in [0.05, 0.1) is 4.92 Å². The van der Waals surface area contributed by atoms with E-state index in [0.29, 0.717) is 0 Å². The Morgan fingerprint density at radius 1 is 1.31 bits per heavy atom. The fourth-order valence-corrected chi connectivity index (χ4v) is 2.32. The number of nitrogens with one attached hydrogen (secondary N) is 1. The number of hydrogen-bond acceptors (Lipinski definition) is 4. The molecular formula is C11H16N2O2S. The monoisotopic (exact) mass is 240 g/mol. The summed E-state index contributed by atoms with van der Waals surface area (Å²) >= 11 is 1.62. The second-order valence-corrected chi connectivity index (χ2v) is 6.34. The van der Waals surface area contributed by atoms with Crippen molar-refractivity contribution >= 4 is 23.1 Å². The molecule has 5 heteroatoms. The van der Waals surface area contributed by atoms with Gasteiger partial charge in [0.25, 0.3) is 5.69 Å². The summed E-state index contributed by atoms with van der Waals surface area (Å²) in [5.41, 5.74) is 0.888. The largest absolute Gasteiger partial charge is 0.388 e. The van der Waals surface area contributed by atoms with Crippen LogP contribution in [0.1, 0.15) is 20.8 Å². The lowest BCUT2D eigenvalue weighted by Crippen LogP contribution is -2.06. The Hall–Kier alpha value is -1.23. The molecule has 0 atom stereocenters. The van der Waals surface area contributed by atoms with E-state index in [0.717, 1.165) is 10.6 Å². The Bertz CT molecular complexity index is 399. The second kappa shape index (κ2) is 4.74. The van der Waals surface area contributed by atoms with Crippen molar-refractivity contribution in [2.24, 2.45) is 0 Å². The minimum absolute atomic E-state index is 0.0419. The number of benzene rings is 1. The van der Waals surface area contributed by atoms with Crippen LogP contribution < -0.4 is 5.32 Å². The Morgan fingerprint density at radius 3 is 2.38 bits per heavy atom. The molecule has 0 amide bonds. The van der Waals surface area contributed by atoms with Crippen molar-refractivity contribution < 1.29 is 4.92 Å². The van der Waals surface area contributed by atoms with Gasteiger partial charge in [-0.15, -0.1) is 11.8 Å². The Balaban J connectivity index is 3.09. The van der Waals surface area contributed by atoms with Gasteiger partial charge in [-0.25, -0.2) is 0 Å². The van der Waals surface area contributed by atoms with Crippen LogP contribution in [0, 0.1) is 10.1 Å². The first-order chi connectivity index (χ1) is 7.31. The molecule has 1 aromatic carbocycles. The van der Waals surface area contributed by atoms with E-state index in [-0.39, 0.29) is 15.4 Å². The average molecular weight is 240 g/mol. The standard InChI is InChI=1S/C11H16N2O2S/c1-11(2,3)16-10-6-8(12-4)5-9(7-10)13(14)15/h5-7,12H,1-4H3. The van der Waals surface area contributed by atoms with E-state index < -0.39 is 0 Å². The fourth-order valence-electron chi connectivity index (χ4n) is 1.25. The maximum Gasteiger partial charge on any atom is 0.272 e. The van der Waals surface area contributed by atoms with Crippen LogP contribution in [-0.2, 0) is 0 Å². The van der Waals surface area contributed by atoms with Gasteiger partial charge in [0, 0.05) is 34.5 Å². The quantitative estimate of drug-likeness (QED) is 0.499. The molecule has 0 aliphatic rings. The van der Waals surface area contributed by atoms with E-state index >= 15 is 0 Å². The highest BCUT2D eigenvalue weighted by molar-refractivity contribution is 8.00. The third kappa shape index (κ3) is 3.73. The molecule has 4 nitrogen and oxygen atoms in total. The molecule has 1 N–H and O–H groups in total. The Labute approximate surface area is 99.6 Å². The lowest BCUT2D eigenvalue weighted by Gasteiger charge is -2.17. The van der Waals surface area contributed by atoms with Gasteiger partial charge in [-0.1, -0.05) is 20.8 Å². The van der Waals surface area contributed by atoms with Gasteiger partial charge in [0.15, 0.2) is 0 Å². The van der Waals surface area contributed by atoms with Crippen LogP contribution in [0.4, 0.5) is 11.4 Å². The zero-order valence-corrected chi connectivity index (χ0v) is 10.7. The van der Waals surface area contributed by atoms with Crippen molar-refractivity contribution in [2.75, 3.05) is 12.4 Å². The molecule has 0 unspecified atom stereocenters. The number of anilines is 1. The van der Waals surface area contributed by atoms with Gasteiger partial charge in [-0.05, 0) is 6.07 Å². The van der Waals surface area contributed by atoms with Crippen molar-refractivity contribution in [3.63, 3.8) is 0 Å². The normalized spacial score (nSPS) is 11.2. The molecular weight excluding hydrogens is 224 g/mol. The molecule has 0 heterocycles. The summed E-state index contributed by atoms with van der Waals surface area (Å²) in [5, 5.41) is 13.7. The number of non-ortho nitro benzene ring substituents is 1. The highest BCUT2D eigenvalue weighted by Gasteiger charge is 2.16. The van der Waals surface area contributed by atoms with Crippen LogP contribution in [-0.4, -0.2) is 16.7 Å². The summed E-state index contributed by atoms with van der Waals surface area (Å²) in [6.07, 6.45) is 0.